The summed E-state index contributed by atoms with van der Waals surface area (Å²) in [5.41, 5.74) is 3.58. The highest BCUT2D eigenvalue weighted by molar-refractivity contribution is 8.22. The number of hydrogen-bond acceptors (Lipinski definition) is 5. The van der Waals surface area contributed by atoms with Gasteiger partial charge in [0.15, 0.2) is 5.78 Å². The molecule has 0 aliphatic carbocycles. The molecule has 0 fully saturated rings. The quantitative estimate of drug-likeness (QED) is 0.283. The number of benzene rings is 2. The van der Waals surface area contributed by atoms with Gasteiger partial charge in [0, 0.05) is 36.5 Å². The molecule has 2 aromatic carbocycles. The summed E-state index contributed by atoms with van der Waals surface area (Å²) in [4.78, 5) is 26.7. The predicted molar refractivity (Wildman–Crippen MR) is 139 cm³/mol. The van der Waals surface area contributed by atoms with Gasteiger partial charge in [-0.2, -0.15) is 0 Å². The number of aromatic hydroxyl groups is 1. The van der Waals surface area contributed by atoms with Gasteiger partial charge >= 0.3 is 0 Å². The average Bonchev–Trinajstić information content (AvgIpc) is 2.77. The number of thioether (sulfide) groups is 1. The molecule has 0 saturated heterocycles. The van der Waals surface area contributed by atoms with E-state index in [1.165, 1.54) is 17.8 Å². The number of anilines is 1. The molecule has 0 atom stereocenters. The molecule has 0 unspecified atom stereocenters. The van der Waals surface area contributed by atoms with Crippen LogP contribution in [0.15, 0.2) is 42.5 Å². The lowest BCUT2D eigenvalue weighted by Gasteiger charge is -2.20. The fraction of sp³-hybridized carbons (Fsp3) is 0.320. The van der Waals surface area contributed by atoms with Gasteiger partial charge in [0.1, 0.15) is 10.1 Å². The third-order valence-corrected chi connectivity index (χ3v) is 6.50. The SMILES string of the molecule is CCN(CC)C(=S)SCCC(=O)Nc1ccc(C(=O)/C=C/c2cc(C)c(O)c(C)c2)cc1. The Morgan fingerprint density at radius 2 is 1.69 bits per heavy atom. The van der Waals surface area contributed by atoms with Gasteiger partial charge in [-0.1, -0.05) is 30.1 Å². The van der Waals surface area contributed by atoms with Gasteiger partial charge in [0.25, 0.3) is 0 Å². The van der Waals surface area contributed by atoms with E-state index >= 15 is 0 Å². The standard InChI is InChI=1S/C25H30N2O3S2/c1-5-27(6-2)25(31)32-14-13-23(29)26-21-10-8-20(9-11-21)22(28)12-7-19-15-17(3)24(30)18(4)16-19/h7-12,15-16,30H,5-6,13-14H2,1-4H3,(H,26,29)/b12-7+. The zero-order valence-electron chi connectivity index (χ0n) is 19.0. The van der Waals surface area contributed by atoms with Crippen molar-refractivity contribution in [1.82, 2.24) is 4.90 Å². The second-order valence-electron chi connectivity index (χ2n) is 7.36. The number of allylic oxidation sites excluding steroid dienone is 1. The molecule has 0 bridgehead atoms. The Morgan fingerprint density at radius 1 is 1.09 bits per heavy atom. The second-order valence-corrected chi connectivity index (χ2v) is 9.09. The third kappa shape index (κ3) is 7.50. The zero-order chi connectivity index (χ0) is 23.7. The molecule has 0 aliphatic heterocycles. The number of rotatable bonds is 9. The summed E-state index contributed by atoms with van der Waals surface area (Å²) in [5, 5.41) is 12.7. The molecule has 0 aliphatic rings. The molecule has 2 rings (SSSR count). The van der Waals surface area contributed by atoms with Crippen molar-refractivity contribution in [3.8, 4) is 5.75 Å². The number of nitrogens with one attached hydrogen (secondary N) is 1. The minimum absolute atomic E-state index is 0.0862. The minimum Gasteiger partial charge on any atom is -0.507 e. The molecule has 0 spiro atoms. The normalized spacial score (nSPS) is 10.9. The summed E-state index contributed by atoms with van der Waals surface area (Å²) in [6.07, 6.45) is 3.60. The van der Waals surface area contributed by atoms with E-state index in [2.05, 4.69) is 24.1 Å². The second kappa shape index (κ2) is 12.4. The van der Waals surface area contributed by atoms with Crippen LogP contribution in [0.1, 0.15) is 47.3 Å². The van der Waals surface area contributed by atoms with Crippen LogP contribution in [0, 0.1) is 13.8 Å². The summed E-state index contributed by atoms with van der Waals surface area (Å²) in [6.45, 7) is 9.50. The van der Waals surface area contributed by atoms with Gasteiger partial charge in [-0.3, -0.25) is 9.59 Å². The Labute approximate surface area is 199 Å². The molecule has 0 saturated carbocycles. The first kappa shape index (κ1) is 25.6. The first-order valence-corrected chi connectivity index (χ1v) is 12.0. The van der Waals surface area contributed by atoms with E-state index in [0.717, 1.165) is 34.1 Å². The van der Waals surface area contributed by atoms with Crippen molar-refractivity contribution in [3.05, 3.63) is 64.7 Å². The van der Waals surface area contributed by atoms with E-state index < -0.39 is 0 Å². The number of amides is 1. The highest BCUT2D eigenvalue weighted by atomic mass is 32.2. The lowest BCUT2D eigenvalue weighted by atomic mass is 10.0. The van der Waals surface area contributed by atoms with Crippen LogP contribution in [-0.4, -0.2) is 44.9 Å². The first-order valence-electron chi connectivity index (χ1n) is 10.6. The van der Waals surface area contributed by atoms with Gasteiger partial charge in [-0.15, -0.1) is 0 Å². The number of hydrogen-bond donors (Lipinski definition) is 2. The maximum atomic E-state index is 12.5. The van der Waals surface area contributed by atoms with Crippen LogP contribution in [0.5, 0.6) is 5.75 Å². The van der Waals surface area contributed by atoms with Crippen molar-refractivity contribution in [1.29, 1.82) is 0 Å². The van der Waals surface area contributed by atoms with Crippen LogP contribution in [0.2, 0.25) is 0 Å². The van der Waals surface area contributed by atoms with Crippen molar-refractivity contribution >= 4 is 51.8 Å². The average molecular weight is 471 g/mol. The molecule has 1 amide bonds. The zero-order valence-corrected chi connectivity index (χ0v) is 20.6. The van der Waals surface area contributed by atoms with Crippen molar-refractivity contribution in [3.63, 3.8) is 0 Å². The fourth-order valence-electron chi connectivity index (χ4n) is 3.10. The van der Waals surface area contributed by atoms with Crippen molar-refractivity contribution < 1.29 is 14.7 Å². The highest BCUT2D eigenvalue weighted by Gasteiger charge is 2.09. The van der Waals surface area contributed by atoms with Gasteiger partial charge in [-0.05, 0) is 86.9 Å². The Kier molecular flexibility index (Phi) is 9.94. The maximum Gasteiger partial charge on any atom is 0.225 e. The van der Waals surface area contributed by atoms with E-state index in [4.69, 9.17) is 12.2 Å². The summed E-state index contributed by atoms with van der Waals surface area (Å²) < 4.78 is 0.816. The van der Waals surface area contributed by atoms with Gasteiger partial charge < -0.3 is 15.3 Å². The molecular weight excluding hydrogens is 440 g/mol. The maximum absolute atomic E-state index is 12.5. The van der Waals surface area contributed by atoms with Crippen LogP contribution in [0.3, 0.4) is 0 Å². The van der Waals surface area contributed by atoms with Crippen LogP contribution in [-0.2, 0) is 4.79 Å². The van der Waals surface area contributed by atoms with Crippen LogP contribution < -0.4 is 5.32 Å². The smallest absolute Gasteiger partial charge is 0.225 e. The number of phenols is 1. The Hall–Kier alpha value is -2.64. The molecule has 0 radical (unpaired) electrons. The number of aryl methyl sites for hydroxylation is 2. The van der Waals surface area contributed by atoms with Crippen molar-refractivity contribution in [2.75, 3.05) is 24.2 Å². The monoisotopic (exact) mass is 470 g/mol. The topological polar surface area (TPSA) is 69.6 Å². The molecule has 0 aromatic heterocycles. The number of ketones is 1. The number of carbonyl (C=O) groups is 2. The summed E-state index contributed by atoms with van der Waals surface area (Å²) >= 11 is 6.89. The first-order chi connectivity index (χ1) is 15.2. The van der Waals surface area contributed by atoms with E-state index in [-0.39, 0.29) is 17.4 Å². The molecule has 2 aromatic rings. The number of carbonyl (C=O) groups excluding carboxylic acids is 2. The Morgan fingerprint density at radius 3 is 2.25 bits per heavy atom. The van der Waals surface area contributed by atoms with Gasteiger partial charge in [0.05, 0.1) is 0 Å². The largest absolute Gasteiger partial charge is 0.507 e. The van der Waals surface area contributed by atoms with E-state index in [1.807, 2.05) is 26.0 Å². The summed E-state index contributed by atoms with van der Waals surface area (Å²) in [6, 6.07) is 10.5. The Balaban J connectivity index is 1.87. The van der Waals surface area contributed by atoms with Crippen LogP contribution in [0.25, 0.3) is 6.08 Å². The Bertz CT molecular complexity index is 974. The minimum atomic E-state index is -0.132. The highest BCUT2D eigenvalue weighted by Crippen LogP contribution is 2.23. The third-order valence-electron chi connectivity index (χ3n) is 4.97. The molecule has 2 N–H and O–H groups in total. The number of thiocarbonyl (C=S) groups is 1. The summed E-state index contributed by atoms with van der Waals surface area (Å²) in [7, 11) is 0. The lowest BCUT2D eigenvalue weighted by molar-refractivity contribution is -0.115. The molecule has 7 heteroatoms. The van der Waals surface area contributed by atoms with E-state index in [9.17, 15) is 14.7 Å². The van der Waals surface area contributed by atoms with Gasteiger partial charge in [0.2, 0.25) is 5.91 Å². The summed E-state index contributed by atoms with van der Waals surface area (Å²) in [5.74, 6) is 0.680. The number of phenolic OH excluding ortho intramolecular Hbond substituents is 1. The molecular formula is C25H30N2O3S2. The molecule has 5 nitrogen and oxygen atoms in total. The van der Waals surface area contributed by atoms with Crippen molar-refractivity contribution in [2.24, 2.45) is 0 Å². The molecule has 0 heterocycles. The van der Waals surface area contributed by atoms with Gasteiger partial charge in [-0.25, -0.2) is 0 Å². The van der Waals surface area contributed by atoms with E-state index in [0.29, 0.717) is 23.4 Å². The van der Waals surface area contributed by atoms with Crippen LogP contribution >= 0.6 is 24.0 Å². The lowest BCUT2D eigenvalue weighted by Crippen LogP contribution is -2.27. The molecule has 170 valence electrons. The number of nitrogens with zero attached hydrogens (tertiary/aromatic N) is 1. The van der Waals surface area contributed by atoms with E-state index in [1.54, 1.807) is 30.3 Å². The fourth-order valence-corrected chi connectivity index (χ4v) is 4.51. The predicted octanol–water partition coefficient (Wildman–Crippen LogP) is 5.59. The molecule has 32 heavy (non-hydrogen) atoms. The van der Waals surface area contributed by atoms with Crippen molar-refractivity contribution in [2.45, 2.75) is 34.1 Å². The van der Waals surface area contributed by atoms with Crippen LogP contribution in [0.4, 0.5) is 5.69 Å².